The molecule has 0 atom stereocenters. The van der Waals surface area contributed by atoms with Crippen LogP contribution in [0.2, 0.25) is 0 Å². The molecule has 1 heterocycles. The molecule has 1 aromatic heterocycles. The molecule has 2 aromatic rings. The maximum atomic E-state index is 12.4. The first-order chi connectivity index (χ1) is 9.08. The minimum atomic E-state index is -4.76. The third kappa shape index (κ3) is 2.95. The van der Waals surface area contributed by atoms with Crippen LogP contribution in [0.3, 0.4) is 0 Å². The van der Waals surface area contributed by atoms with Crippen LogP contribution in [-0.2, 0) is 5.41 Å². The molecule has 0 amide bonds. The summed E-state index contributed by atoms with van der Waals surface area (Å²) in [5.41, 5.74) is 6.70. The van der Waals surface area contributed by atoms with Gasteiger partial charge in [-0.05, 0) is 12.1 Å². The number of ether oxygens (including phenoxy) is 1. The smallest absolute Gasteiger partial charge is 0.403 e. The van der Waals surface area contributed by atoms with Crippen LogP contribution >= 0.6 is 0 Å². The highest BCUT2D eigenvalue weighted by molar-refractivity contribution is 5.94. The van der Waals surface area contributed by atoms with E-state index < -0.39 is 6.36 Å². The molecule has 3 nitrogen and oxygen atoms in total. The number of pyridine rings is 1. The summed E-state index contributed by atoms with van der Waals surface area (Å²) in [6.45, 7) is 5.73. The molecule has 0 bridgehead atoms. The van der Waals surface area contributed by atoms with E-state index in [-0.39, 0.29) is 16.7 Å². The average molecular weight is 284 g/mol. The van der Waals surface area contributed by atoms with Crippen molar-refractivity contribution < 1.29 is 17.9 Å². The Hall–Kier alpha value is -1.98. The Labute approximate surface area is 114 Å². The molecule has 0 saturated heterocycles. The fraction of sp³-hybridized carbons (Fsp3) is 0.357. The molecule has 0 aliphatic rings. The molecule has 0 radical (unpaired) electrons. The zero-order valence-electron chi connectivity index (χ0n) is 11.4. The van der Waals surface area contributed by atoms with E-state index in [2.05, 4.69) is 9.72 Å². The van der Waals surface area contributed by atoms with Gasteiger partial charge in [-0.3, -0.25) is 0 Å². The van der Waals surface area contributed by atoms with E-state index in [1.54, 1.807) is 12.1 Å². The van der Waals surface area contributed by atoms with Crippen LogP contribution in [0.5, 0.6) is 5.75 Å². The second-order valence-electron chi connectivity index (χ2n) is 5.55. The van der Waals surface area contributed by atoms with Crippen molar-refractivity contribution in [3.8, 4) is 5.75 Å². The Morgan fingerprint density at radius 3 is 2.35 bits per heavy atom. The highest BCUT2D eigenvalue weighted by atomic mass is 19.4. The van der Waals surface area contributed by atoms with Gasteiger partial charge < -0.3 is 10.5 Å². The standard InChI is InChI=1S/C14H15F3N2O/c1-13(2,3)11-7-9(18)8-5-4-6-10(12(8)19-11)20-14(15,16)17/h4-7H,1-3H3,(H2,18,19). The van der Waals surface area contributed by atoms with Crippen molar-refractivity contribution in [2.75, 3.05) is 5.73 Å². The van der Waals surface area contributed by atoms with Crippen molar-refractivity contribution in [3.63, 3.8) is 0 Å². The van der Waals surface area contributed by atoms with E-state index >= 15 is 0 Å². The summed E-state index contributed by atoms with van der Waals surface area (Å²) in [5.74, 6) is -0.340. The number of rotatable bonds is 1. The quantitative estimate of drug-likeness (QED) is 0.860. The topological polar surface area (TPSA) is 48.1 Å². The van der Waals surface area contributed by atoms with E-state index in [1.807, 2.05) is 20.8 Å². The van der Waals surface area contributed by atoms with Gasteiger partial charge in [0.05, 0.1) is 0 Å². The van der Waals surface area contributed by atoms with Crippen LogP contribution in [0.15, 0.2) is 24.3 Å². The number of fused-ring (bicyclic) bond motifs is 1. The minimum Gasteiger partial charge on any atom is -0.403 e. The summed E-state index contributed by atoms with van der Waals surface area (Å²) in [6, 6.07) is 5.99. The van der Waals surface area contributed by atoms with Crippen molar-refractivity contribution in [1.82, 2.24) is 4.98 Å². The van der Waals surface area contributed by atoms with Crippen LogP contribution in [-0.4, -0.2) is 11.3 Å². The molecule has 2 N–H and O–H groups in total. The van der Waals surface area contributed by atoms with Crippen LogP contribution in [0, 0.1) is 0 Å². The van der Waals surface area contributed by atoms with Gasteiger partial charge in [-0.25, -0.2) is 4.98 Å². The fourth-order valence-electron chi connectivity index (χ4n) is 1.84. The minimum absolute atomic E-state index is 0.120. The first-order valence-corrected chi connectivity index (χ1v) is 6.03. The number of aromatic nitrogens is 1. The number of hydrogen-bond donors (Lipinski definition) is 1. The summed E-state index contributed by atoms with van der Waals surface area (Å²) < 4.78 is 41.3. The van der Waals surface area contributed by atoms with Gasteiger partial charge in [0, 0.05) is 22.2 Å². The second-order valence-corrected chi connectivity index (χ2v) is 5.55. The number of anilines is 1. The van der Waals surface area contributed by atoms with Crippen molar-refractivity contribution in [2.24, 2.45) is 0 Å². The summed E-state index contributed by atoms with van der Waals surface area (Å²) >= 11 is 0. The number of nitrogens with zero attached hydrogens (tertiary/aromatic N) is 1. The molecule has 2 rings (SSSR count). The molecule has 0 aliphatic carbocycles. The molecule has 0 spiro atoms. The lowest BCUT2D eigenvalue weighted by atomic mass is 9.91. The molecule has 6 heteroatoms. The van der Waals surface area contributed by atoms with Gasteiger partial charge in [0.25, 0.3) is 0 Å². The molecule has 0 unspecified atom stereocenters. The van der Waals surface area contributed by atoms with Crippen LogP contribution < -0.4 is 10.5 Å². The maximum Gasteiger partial charge on any atom is 0.573 e. The predicted molar refractivity (Wildman–Crippen MR) is 71.5 cm³/mol. The van der Waals surface area contributed by atoms with E-state index in [4.69, 9.17) is 5.73 Å². The molecular weight excluding hydrogens is 269 g/mol. The fourth-order valence-corrected chi connectivity index (χ4v) is 1.84. The largest absolute Gasteiger partial charge is 0.573 e. The van der Waals surface area contributed by atoms with Crippen LogP contribution in [0.4, 0.5) is 18.9 Å². The molecule has 0 aliphatic heterocycles. The molecule has 20 heavy (non-hydrogen) atoms. The van der Waals surface area contributed by atoms with Gasteiger partial charge in [0.15, 0.2) is 5.75 Å². The number of hydrogen-bond acceptors (Lipinski definition) is 3. The first-order valence-electron chi connectivity index (χ1n) is 6.03. The monoisotopic (exact) mass is 284 g/mol. The number of nitrogens with two attached hydrogens (primary N) is 1. The predicted octanol–water partition coefficient (Wildman–Crippen LogP) is 4.01. The third-order valence-electron chi connectivity index (χ3n) is 2.83. The number of halogens is 3. The zero-order chi connectivity index (χ0) is 15.1. The molecule has 108 valence electrons. The Bertz CT molecular complexity index is 645. The number of nitrogen functional groups attached to an aromatic ring is 1. The normalized spacial score (nSPS) is 12.7. The highest BCUT2D eigenvalue weighted by Gasteiger charge is 2.32. The van der Waals surface area contributed by atoms with E-state index in [0.29, 0.717) is 16.8 Å². The lowest BCUT2D eigenvalue weighted by Crippen LogP contribution is -2.18. The van der Waals surface area contributed by atoms with Gasteiger partial charge in [0.1, 0.15) is 5.52 Å². The zero-order valence-corrected chi connectivity index (χ0v) is 11.4. The summed E-state index contributed by atoms with van der Waals surface area (Å²) in [6.07, 6.45) is -4.76. The number of alkyl halides is 3. The van der Waals surface area contributed by atoms with Crippen LogP contribution in [0.25, 0.3) is 10.9 Å². The summed E-state index contributed by atoms with van der Waals surface area (Å²) in [4.78, 5) is 4.29. The molecular formula is C14H15F3N2O. The van der Waals surface area contributed by atoms with Gasteiger partial charge in [-0.1, -0.05) is 32.9 Å². The Morgan fingerprint density at radius 1 is 1.15 bits per heavy atom. The Balaban J connectivity index is 2.69. The molecule has 0 saturated carbocycles. The lowest BCUT2D eigenvalue weighted by Gasteiger charge is -2.20. The maximum absolute atomic E-state index is 12.4. The Kier molecular flexibility index (Phi) is 3.28. The highest BCUT2D eigenvalue weighted by Crippen LogP contribution is 2.34. The van der Waals surface area contributed by atoms with Crippen molar-refractivity contribution in [3.05, 3.63) is 30.0 Å². The average Bonchev–Trinajstić information content (AvgIpc) is 2.26. The van der Waals surface area contributed by atoms with Crippen molar-refractivity contribution in [2.45, 2.75) is 32.5 Å². The Morgan fingerprint density at radius 2 is 1.80 bits per heavy atom. The van der Waals surface area contributed by atoms with Crippen LogP contribution in [0.1, 0.15) is 26.5 Å². The summed E-state index contributed by atoms with van der Waals surface area (Å²) in [5, 5.41) is 0.444. The van der Waals surface area contributed by atoms with E-state index in [0.717, 1.165) is 0 Å². The summed E-state index contributed by atoms with van der Waals surface area (Å²) in [7, 11) is 0. The van der Waals surface area contributed by atoms with Gasteiger partial charge >= 0.3 is 6.36 Å². The first kappa shape index (κ1) is 14.4. The number of benzene rings is 1. The second kappa shape index (κ2) is 4.54. The SMILES string of the molecule is CC(C)(C)c1cc(N)c2cccc(OC(F)(F)F)c2n1. The van der Waals surface area contributed by atoms with Gasteiger partial charge in [-0.15, -0.1) is 13.2 Å². The molecule has 1 aromatic carbocycles. The van der Waals surface area contributed by atoms with Crippen molar-refractivity contribution >= 4 is 16.6 Å². The van der Waals surface area contributed by atoms with E-state index in [1.165, 1.54) is 12.1 Å². The lowest BCUT2D eigenvalue weighted by molar-refractivity contribution is -0.274. The third-order valence-corrected chi connectivity index (χ3v) is 2.83. The van der Waals surface area contributed by atoms with E-state index in [9.17, 15) is 13.2 Å². The van der Waals surface area contributed by atoms with Gasteiger partial charge in [-0.2, -0.15) is 0 Å². The van der Waals surface area contributed by atoms with Crippen molar-refractivity contribution in [1.29, 1.82) is 0 Å². The van der Waals surface area contributed by atoms with Gasteiger partial charge in [0.2, 0.25) is 0 Å². The number of para-hydroxylation sites is 1. The molecule has 0 fully saturated rings.